The molecule has 236 valence electrons. The molecule has 0 bridgehead atoms. The van der Waals surface area contributed by atoms with E-state index in [4.69, 9.17) is 10.7 Å². The SMILES string of the molecule is Brc1cccc2c1nc1n(-c3ccccc3)c3ccccc3n21.Fc1c(Br)cccc1Br.Nc1nc2ccccc2n1-c1ccccc1. The van der Waals surface area contributed by atoms with Crippen molar-refractivity contribution in [2.45, 2.75) is 0 Å². The smallest absolute Gasteiger partial charge is 0.220 e. The monoisotopic (exact) mass is 822 g/mol. The van der Waals surface area contributed by atoms with Crippen LogP contribution in [0.25, 0.3) is 50.3 Å². The molecule has 0 amide bonds. The maximum atomic E-state index is 12.6. The number of anilines is 1. The van der Waals surface area contributed by atoms with Gasteiger partial charge < -0.3 is 5.73 Å². The third kappa shape index (κ3) is 6.03. The zero-order chi connectivity index (χ0) is 33.2. The van der Waals surface area contributed by atoms with Gasteiger partial charge in [-0.25, -0.2) is 14.4 Å². The Kier molecular flexibility index (Phi) is 9.12. The molecule has 0 aliphatic rings. The number of aromatic nitrogens is 5. The Bertz CT molecular complexity index is 2500. The molecule has 0 aliphatic heterocycles. The largest absolute Gasteiger partial charge is 0.369 e. The first-order valence-corrected chi connectivity index (χ1v) is 17.3. The van der Waals surface area contributed by atoms with Crippen LogP contribution in [0.2, 0.25) is 0 Å². The van der Waals surface area contributed by atoms with Gasteiger partial charge in [-0.2, -0.15) is 0 Å². The van der Waals surface area contributed by atoms with Gasteiger partial charge in [-0.05, 0) is 121 Å². The maximum Gasteiger partial charge on any atom is 0.220 e. The van der Waals surface area contributed by atoms with Gasteiger partial charge in [-0.1, -0.05) is 72.8 Å². The number of benzene rings is 6. The number of halogens is 4. The molecule has 0 saturated carbocycles. The molecule has 0 unspecified atom stereocenters. The molecule has 2 N–H and O–H groups in total. The van der Waals surface area contributed by atoms with E-state index in [-0.39, 0.29) is 5.82 Å². The van der Waals surface area contributed by atoms with Gasteiger partial charge in [0.05, 0.1) is 36.5 Å². The van der Waals surface area contributed by atoms with Crippen molar-refractivity contribution >= 4 is 92.6 Å². The van der Waals surface area contributed by atoms with Crippen LogP contribution in [0.15, 0.2) is 159 Å². The molecule has 0 atom stereocenters. The predicted molar refractivity (Wildman–Crippen MR) is 205 cm³/mol. The highest BCUT2D eigenvalue weighted by molar-refractivity contribution is 9.11. The Morgan fingerprint density at radius 3 is 1.62 bits per heavy atom. The second-order valence-electron chi connectivity index (χ2n) is 10.7. The fraction of sp³-hybridized carbons (Fsp3) is 0. The molecule has 0 radical (unpaired) electrons. The normalized spacial score (nSPS) is 11.0. The van der Waals surface area contributed by atoms with E-state index in [0.29, 0.717) is 14.9 Å². The van der Waals surface area contributed by atoms with Gasteiger partial charge in [-0.15, -0.1) is 0 Å². The van der Waals surface area contributed by atoms with Gasteiger partial charge >= 0.3 is 0 Å². The number of nitrogen functional groups attached to an aromatic ring is 1. The number of nitrogens with two attached hydrogens (primary N) is 1. The average molecular weight is 825 g/mol. The lowest BCUT2D eigenvalue weighted by atomic mass is 10.2. The third-order valence-corrected chi connectivity index (χ3v) is 9.57. The molecule has 48 heavy (non-hydrogen) atoms. The van der Waals surface area contributed by atoms with Crippen LogP contribution in [0.4, 0.5) is 10.3 Å². The second kappa shape index (κ2) is 13.8. The lowest BCUT2D eigenvalue weighted by Gasteiger charge is -2.05. The fourth-order valence-electron chi connectivity index (χ4n) is 5.59. The minimum Gasteiger partial charge on any atom is -0.369 e. The molecule has 3 heterocycles. The van der Waals surface area contributed by atoms with Gasteiger partial charge in [0.2, 0.25) is 11.7 Å². The highest BCUT2D eigenvalue weighted by Crippen LogP contribution is 2.31. The summed E-state index contributed by atoms with van der Waals surface area (Å²) in [5, 5.41) is 0. The van der Waals surface area contributed by atoms with Gasteiger partial charge in [0, 0.05) is 15.8 Å². The number of hydrogen-bond acceptors (Lipinski definition) is 3. The highest BCUT2D eigenvalue weighted by Gasteiger charge is 2.17. The van der Waals surface area contributed by atoms with Gasteiger partial charge in [0.25, 0.3) is 0 Å². The van der Waals surface area contributed by atoms with E-state index in [1.807, 2.05) is 71.3 Å². The molecule has 0 aliphatic carbocycles. The Morgan fingerprint density at radius 2 is 0.979 bits per heavy atom. The predicted octanol–water partition coefficient (Wildman–Crippen LogP) is 11.2. The third-order valence-electron chi connectivity index (χ3n) is 7.70. The van der Waals surface area contributed by atoms with Crippen molar-refractivity contribution in [3.63, 3.8) is 0 Å². The fourth-order valence-corrected chi connectivity index (χ4v) is 7.04. The van der Waals surface area contributed by atoms with E-state index in [1.54, 1.807) is 18.2 Å². The number of hydrogen-bond donors (Lipinski definition) is 1. The van der Waals surface area contributed by atoms with E-state index in [1.165, 1.54) is 0 Å². The Balaban J connectivity index is 0.000000126. The van der Waals surface area contributed by atoms with Crippen molar-refractivity contribution in [3.8, 4) is 11.4 Å². The average Bonchev–Trinajstić information content (AvgIpc) is 3.77. The lowest BCUT2D eigenvalue weighted by Crippen LogP contribution is -1.99. The van der Waals surface area contributed by atoms with E-state index >= 15 is 0 Å². The Hall–Kier alpha value is -4.77. The van der Waals surface area contributed by atoms with Crippen molar-refractivity contribution in [1.29, 1.82) is 0 Å². The van der Waals surface area contributed by atoms with Crippen LogP contribution in [0.5, 0.6) is 0 Å². The molecule has 3 aromatic heterocycles. The molecule has 0 saturated heterocycles. The maximum absolute atomic E-state index is 12.6. The molecule has 0 fully saturated rings. The molecule has 9 aromatic rings. The van der Waals surface area contributed by atoms with Crippen LogP contribution in [0, 0.1) is 5.82 Å². The number of para-hydroxylation sites is 7. The summed E-state index contributed by atoms with van der Waals surface area (Å²) in [7, 11) is 0. The van der Waals surface area contributed by atoms with Crippen molar-refractivity contribution in [1.82, 2.24) is 23.5 Å². The molecular formula is C38H26Br3FN6. The van der Waals surface area contributed by atoms with Crippen LogP contribution in [0.1, 0.15) is 0 Å². The molecule has 10 heteroatoms. The van der Waals surface area contributed by atoms with Crippen molar-refractivity contribution in [3.05, 3.63) is 165 Å². The lowest BCUT2D eigenvalue weighted by molar-refractivity contribution is 0.614. The molecule has 6 aromatic carbocycles. The summed E-state index contributed by atoms with van der Waals surface area (Å²) < 4.78 is 21.0. The minimum absolute atomic E-state index is 0.252. The van der Waals surface area contributed by atoms with Crippen LogP contribution in [-0.2, 0) is 0 Å². The second-order valence-corrected chi connectivity index (χ2v) is 13.2. The highest BCUT2D eigenvalue weighted by atomic mass is 79.9. The van der Waals surface area contributed by atoms with Crippen LogP contribution in [-0.4, -0.2) is 23.5 Å². The van der Waals surface area contributed by atoms with E-state index < -0.39 is 0 Å². The molecule has 0 spiro atoms. The van der Waals surface area contributed by atoms with Crippen molar-refractivity contribution < 1.29 is 4.39 Å². The van der Waals surface area contributed by atoms with Crippen molar-refractivity contribution in [2.75, 3.05) is 5.73 Å². The molecular weight excluding hydrogens is 799 g/mol. The standard InChI is InChI=1S/C19H12BrN3.C13H11N3.C6H3Br2F/c20-14-9-6-12-17-18(14)21-19-22(13-7-2-1-3-8-13)15-10-4-5-11-16(15)23(17)19;14-13-15-11-8-4-5-9-12(11)16(13)10-6-2-1-3-7-10;7-4-2-1-3-5(8)6(4)9/h1-12H;1-9H,(H2,14,15);1-3H. The summed E-state index contributed by atoms with van der Waals surface area (Å²) in [6.45, 7) is 0. The van der Waals surface area contributed by atoms with Gasteiger partial charge in [-0.3, -0.25) is 13.5 Å². The van der Waals surface area contributed by atoms with E-state index in [2.05, 4.69) is 122 Å². The Labute approximate surface area is 300 Å². The van der Waals surface area contributed by atoms with Gasteiger partial charge in [0.15, 0.2) is 5.82 Å². The van der Waals surface area contributed by atoms with Crippen LogP contribution in [0.3, 0.4) is 0 Å². The van der Waals surface area contributed by atoms with Gasteiger partial charge in [0.1, 0.15) is 5.52 Å². The van der Waals surface area contributed by atoms with Crippen LogP contribution < -0.4 is 5.73 Å². The summed E-state index contributed by atoms with van der Waals surface area (Å²) >= 11 is 9.70. The van der Waals surface area contributed by atoms with E-state index in [9.17, 15) is 4.39 Å². The zero-order valence-corrected chi connectivity index (χ0v) is 29.9. The number of nitrogens with zero attached hydrogens (tertiary/aromatic N) is 5. The van der Waals surface area contributed by atoms with Crippen LogP contribution >= 0.6 is 47.8 Å². The summed E-state index contributed by atoms with van der Waals surface area (Å²) in [6.07, 6.45) is 0. The molecule has 9 rings (SSSR count). The molecule has 6 nitrogen and oxygen atoms in total. The first-order valence-electron chi connectivity index (χ1n) is 14.9. The number of fused-ring (bicyclic) bond motifs is 6. The summed E-state index contributed by atoms with van der Waals surface area (Å²) in [4.78, 5) is 9.24. The zero-order valence-electron chi connectivity index (χ0n) is 25.2. The van der Waals surface area contributed by atoms with Crippen molar-refractivity contribution in [2.24, 2.45) is 0 Å². The number of imidazole rings is 3. The quantitative estimate of drug-likeness (QED) is 0.177. The summed E-state index contributed by atoms with van der Waals surface area (Å²) in [5.41, 5.74) is 14.5. The summed E-state index contributed by atoms with van der Waals surface area (Å²) in [6, 6.07) is 48.0. The summed E-state index contributed by atoms with van der Waals surface area (Å²) in [5.74, 6) is 1.20. The first-order chi connectivity index (χ1) is 23.4. The Morgan fingerprint density at radius 1 is 0.479 bits per heavy atom. The number of rotatable bonds is 2. The minimum atomic E-state index is -0.252. The van der Waals surface area contributed by atoms with E-state index in [0.717, 1.165) is 54.7 Å². The first kappa shape index (κ1) is 31.8. The topological polar surface area (TPSA) is 66.1 Å².